The van der Waals surface area contributed by atoms with Crippen LogP contribution in [-0.4, -0.2) is 21.8 Å². The predicted molar refractivity (Wildman–Crippen MR) is 124 cm³/mol. The molecule has 4 aromatic rings. The molecule has 1 amide bonds. The largest absolute Gasteiger partial charge is 0.507 e. The highest BCUT2D eigenvalue weighted by Gasteiger charge is 2.47. The number of benzene rings is 3. The number of aliphatic hydroxyl groups is 1. The van der Waals surface area contributed by atoms with Crippen molar-refractivity contribution in [2.75, 3.05) is 4.90 Å². The third kappa shape index (κ3) is 3.06. The van der Waals surface area contributed by atoms with Crippen molar-refractivity contribution in [3.63, 3.8) is 0 Å². The molecule has 1 unspecified atom stereocenters. The summed E-state index contributed by atoms with van der Waals surface area (Å²) in [6, 6.07) is 23.3. The van der Waals surface area contributed by atoms with Gasteiger partial charge in [0.1, 0.15) is 5.76 Å². The predicted octanol–water partition coefficient (Wildman–Crippen LogP) is 5.17. The zero-order chi connectivity index (χ0) is 22.2. The van der Waals surface area contributed by atoms with Crippen molar-refractivity contribution in [2.24, 2.45) is 0 Å². The Bertz CT molecular complexity index is 1390. The average molecular weight is 420 g/mol. The van der Waals surface area contributed by atoms with Crippen molar-refractivity contribution in [3.8, 4) is 0 Å². The van der Waals surface area contributed by atoms with Gasteiger partial charge in [-0.15, -0.1) is 0 Å². The maximum absolute atomic E-state index is 13.3. The average Bonchev–Trinajstić information content (AvgIpc) is 3.09. The molecule has 5 nitrogen and oxygen atoms in total. The summed E-state index contributed by atoms with van der Waals surface area (Å²) >= 11 is 0. The van der Waals surface area contributed by atoms with Crippen molar-refractivity contribution in [3.05, 3.63) is 114 Å². The lowest BCUT2D eigenvalue weighted by Crippen LogP contribution is -2.30. The molecule has 5 rings (SSSR count). The number of ketones is 1. The molecule has 0 saturated carbocycles. The second-order valence-corrected chi connectivity index (χ2v) is 7.76. The number of fused-ring (bicyclic) bond motifs is 1. The fourth-order valence-electron chi connectivity index (χ4n) is 4.35. The first kappa shape index (κ1) is 19.7. The lowest BCUT2D eigenvalue weighted by molar-refractivity contribution is -0.132. The molecule has 0 aliphatic carbocycles. The van der Waals surface area contributed by atoms with E-state index in [4.69, 9.17) is 0 Å². The normalized spacial score (nSPS) is 17.8. The van der Waals surface area contributed by atoms with Crippen LogP contribution in [0.1, 0.15) is 22.7 Å². The quantitative estimate of drug-likeness (QED) is 0.282. The number of aromatic nitrogens is 1. The maximum atomic E-state index is 13.3. The number of aliphatic hydroxyl groups excluding tert-OH is 1. The van der Waals surface area contributed by atoms with Crippen molar-refractivity contribution < 1.29 is 14.7 Å². The number of carbonyl (C=O) groups is 2. The molecule has 5 heteroatoms. The number of carbonyl (C=O) groups excluding carboxylic acids is 2. The van der Waals surface area contributed by atoms with Crippen LogP contribution in [0.25, 0.3) is 16.5 Å². The molecular formula is C27H20N2O3. The lowest BCUT2D eigenvalue weighted by atomic mass is 9.93. The first-order valence-corrected chi connectivity index (χ1v) is 10.3. The lowest BCUT2D eigenvalue weighted by Gasteiger charge is -2.26. The Morgan fingerprint density at radius 2 is 1.56 bits per heavy atom. The molecule has 156 valence electrons. The van der Waals surface area contributed by atoms with E-state index in [1.807, 2.05) is 67.6 Å². The van der Waals surface area contributed by atoms with Gasteiger partial charge in [-0.1, -0.05) is 60.7 Å². The van der Waals surface area contributed by atoms with Crippen molar-refractivity contribution in [1.82, 2.24) is 4.98 Å². The molecule has 3 aromatic carbocycles. The van der Waals surface area contributed by atoms with Gasteiger partial charge in [-0.05, 0) is 47.0 Å². The Balaban J connectivity index is 1.79. The van der Waals surface area contributed by atoms with Crippen molar-refractivity contribution in [2.45, 2.75) is 13.0 Å². The standard InChI is InChI=1S/C27H20N2O3/c1-17-7-2-5-12-22(17)29-24(19-13-15-28-16-14-19)23(26(31)27(29)32)25(30)21-11-6-9-18-8-3-4-10-20(18)21/h2-16,24,30H,1H3/b25-23-. The molecule has 1 saturated heterocycles. The van der Waals surface area contributed by atoms with Crippen LogP contribution in [0.15, 0.2) is 96.8 Å². The van der Waals surface area contributed by atoms with Crippen LogP contribution in [0.3, 0.4) is 0 Å². The number of para-hydroxylation sites is 1. The molecule has 1 aromatic heterocycles. The Morgan fingerprint density at radius 3 is 2.34 bits per heavy atom. The molecular weight excluding hydrogens is 400 g/mol. The van der Waals surface area contributed by atoms with E-state index in [1.165, 1.54) is 4.90 Å². The molecule has 0 spiro atoms. The molecule has 2 heterocycles. The number of anilines is 1. The van der Waals surface area contributed by atoms with Gasteiger partial charge in [0.05, 0.1) is 11.6 Å². The Labute approximate surface area is 185 Å². The first-order chi connectivity index (χ1) is 15.6. The van der Waals surface area contributed by atoms with Crippen LogP contribution >= 0.6 is 0 Å². The molecule has 0 radical (unpaired) electrons. The molecule has 1 aliphatic rings. The van der Waals surface area contributed by atoms with Gasteiger partial charge in [-0.25, -0.2) is 0 Å². The molecule has 1 N–H and O–H groups in total. The van der Waals surface area contributed by atoms with E-state index < -0.39 is 17.7 Å². The number of Topliss-reactive ketones (excluding diaryl/α,β-unsaturated/α-hetero) is 1. The number of nitrogens with zero attached hydrogens (tertiary/aromatic N) is 2. The van der Waals surface area contributed by atoms with E-state index in [1.54, 1.807) is 30.6 Å². The van der Waals surface area contributed by atoms with Crippen molar-refractivity contribution >= 4 is 33.9 Å². The van der Waals surface area contributed by atoms with Crippen LogP contribution < -0.4 is 4.90 Å². The van der Waals surface area contributed by atoms with Gasteiger partial charge in [-0.2, -0.15) is 0 Å². The number of aryl methyl sites for hydroxylation is 1. The summed E-state index contributed by atoms with van der Waals surface area (Å²) in [4.78, 5) is 32.1. The summed E-state index contributed by atoms with van der Waals surface area (Å²) in [5.41, 5.74) is 2.78. The minimum Gasteiger partial charge on any atom is -0.507 e. The number of rotatable bonds is 3. The Hall–Kier alpha value is -4.25. The molecule has 1 fully saturated rings. The van der Waals surface area contributed by atoms with E-state index in [9.17, 15) is 14.7 Å². The van der Waals surface area contributed by atoms with Crippen LogP contribution in [0.4, 0.5) is 5.69 Å². The first-order valence-electron chi connectivity index (χ1n) is 10.3. The summed E-state index contributed by atoms with van der Waals surface area (Å²) in [7, 11) is 0. The topological polar surface area (TPSA) is 70.5 Å². The second kappa shape index (κ2) is 7.78. The smallest absolute Gasteiger partial charge is 0.300 e. The van der Waals surface area contributed by atoms with Gasteiger partial charge in [0.25, 0.3) is 11.7 Å². The zero-order valence-corrected chi connectivity index (χ0v) is 17.4. The highest BCUT2D eigenvalue weighted by atomic mass is 16.3. The molecule has 1 aliphatic heterocycles. The minimum absolute atomic E-state index is 0.0702. The number of pyridine rings is 1. The van der Waals surface area contributed by atoms with E-state index in [-0.39, 0.29) is 11.3 Å². The maximum Gasteiger partial charge on any atom is 0.300 e. The molecule has 0 bridgehead atoms. The Kier molecular flexibility index (Phi) is 4.79. The second-order valence-electron chi connectivity index (χ2n) is 7.76. The van der Waals surface area contributed by atoms with Crippen molar-refractivity contribution in [1.29, 1.82) is 0 Å². The van der Waals surface area contributed by atoms with Crippen LogP contribution in [0.2, 0.25) is 0 Å². The monoisotopic (exact) mass is 420 g/mol. The fraction of sp³-hybridized carbons (Fsp3) is 0.0741. The van der Waals surface area contributed by atoms with Gasteiger partial charge >= 0.3 is 0 Å². The summed E-state index contributed by atoms with van der Waals surface area (Å²) in [6.07, 6.45) is 3.23. The minimum atomic E-state index is -0.766. The van der Waals surface area contributed by atoms with Gasteiger partial charge in [0.15, 0.2) is 0 Å². The SMILES string of the molecule is Cc1ccccc1N1C(=O)C(=O)/C(=C(\O)c2cccc3ccccc23)C1c1ccncc1. The highest BCUT2D eigenvalue weighted by Crippen LogP contribution is 2.43. The number of amides is 1. The van der Waals surface area contributed by atoms with Gasteiger partial charge in [0.2, 0.25) is 0 Å². The fourth-order valence-corrected chi connectivity index (χ4v) is 4.35. The van der Waals surface area contributed by atoms with Crippen LogP contribution in [0.5, 0.6) is 0 Å². The van der Waals surface area contributed by atoms with Gasteiger partial charge in [-0.3, -0.25) is 19.5 Å². The summed E-state index contributed by atoms with van der Waals surface area (Å²) < 4.78 is 0. The molecule has 32 heavy (non-hydrogen) atoms. The van der Waals surface area contributed by atoms with E-state index in [0.29, 0.717) is 16.8 Å². The summed E-state index contributed by atoms with van der Waals surface area (Å²) in [6.45, 7) is 1.89. The third-order valence-electron chi connectivity index (χ3n) is 5.89. The number of hydrogen-bond donors (Lipinski definition) is 1. The van der Waals surface area contributed by atoms with E-state index >= 15 is 0 Å². The Morgan fingerprint density at radius 1 is 0.875 bits per heavy atom. The summed E-state index contributed by atoms with van der Waals surface area (Å²) in [5, 5.41) is 13.2. The highest BCUT2D eigenvalue weighted by molar-refractivity contribution is 6.52. The van der Waals surface area contributed by atoms with Gasteiger partial charge < -0.3 is 5.11 Å². The summed E-state index contributed by atoms with van der Waals surface area (Å²) in [5.74, 6) is -1.55. The zero-order valence-electron chi connectivity index (χ0n) is 17.4. The van der Waals surface area contributed by atoms with E-state index in [2.05, 4.69) is 4.98 Å². The van der Waals surface area contributed by atoms with E-state index in [0.717, 1.165) is 16.3 Å². The molecule has 1 atom stereocenters. The third-order valence-corrected chi connectivity index (χ3v) is 5.89. The number of hydrogen-bond acceptors (Lipinski definition) is 4. The van der Waals surface area contributed by atoms with Gasteiger partial charge in [0, 0.05) is 23.6 Å². The van der Waals surface area contributed by atoms with Crippen LogP contribution in [-0.2, 0) is 9.59 Å². The van der Waals surface area contributed by atoms with Crippen LogP contribution in [0, 0.1) is 6.92 Å².